The summed E-state index contributed by atoms with van der Waals surface area (Å²) >= 11 is 0. The SMILES string of the molecule is CN1CCN(C(=O)Nc2ccccc2F)C(CN)C1. The number of amides is 2. The zero-order valence-corrected chi connectivity index (χ0v) is 11.0. The maximum Gasteiger partial charge on any atom is 0.322 e. The van der Waals surface area contributed by atoms with Crippen LogP contribution in [0.25, 0.3) is 0 Å². The highest BCUT2D eigenvalue weighted by molar-refractivity contribution is 5.89. The van der Waals surface area contributed by atoms with Crippen molar-refractivity contribution in [1.29, 1.82) is 0 Å². The highest BCUT2D eigenvalue weighted by Gasteiger charge is 2.28. The largest absolute Gasteiger partial charge is 0.328 e. The molecular formula is C13H19FN4O. The van der Waals surface area contributed by atoms with Gasteiger partial charge in [-0.1, -0.05) is 12.1 Å². The molecule has 19 heavy (non-hydrogen) atoms. The number of carbonyl (C=O) groups excluding carboxylic acids is 1. The molecule has 0 spiro atoms. The number of rotatable bonds is 2. The van der Waals surface area contributed by atoms with E-state index < -0.39 is 5.82 Å². The molecule has 1 aliphatic heterocycles. The van der Waals surface area contributed by atoms with Crippen molar-refractivity contribution in [3.8, 4) is 0 Å². The van der Waals surface area contributed by atoms with E-state index in [9.17, 15) is 9.18 Å². The molecule has 2 rings (SSSR count). The molecule has 0 aromatic heterocycles. The number of hydrogen-bond donors (Lipinski definition) is 2. The molecule has 1 aromatic carbocycles. The number of likely N-dealkylation sites (N-methyl/N-ethyl adjacent to an activating group) is 1. The van der Waals surface area contributed by atoms with Crippen molar-refractivity contribution in [3.05, 3.63) is 30.1 Å². The monoisotopic (exact) mass is 266 g/mol. The summed E-state index contributed by atoms with van der Waals surface area (Å²) in [6.45, 7) is 2.52. The van der Waals surface area contributed by atoms with Gasteiger partial charge in [-0.25, -0.2) is 9.18 Å². The second kappa shape index (κ2) is 5.99. The van der Waals surface area contributed by atoms with E-state index in [0.717, 1.165) is 13.1 Å². The van der Waals surface area contributed by atoms with Crippen LogP contribution in [0.1, 0.15) is 0 Å². The number of hydrogen-bond acceptors (Lipinski definition) is 3. The smallest absolute Gasteiger partial charge is 0.322 e. The maximum atomic E-state index is 13.5. The molecule has 0 bridgehead atoms. The molecule has 1 aromatic rings. The minimum atomic E-state index is -0.436. The van der Waals surface area contributed by atoms with Crippen LogP contribution in [0.5, 0.6) is 0 Å². The lowest BCUT2D eigenvalue weighted by Gasteiger charge is -2.39. The van der Waals surface area contributed by atoms with Crippen LogP contribution in [0.2, 0.25) is 0 Å². The third kappa shape index (κ3) is 3.21. The first-order valence-corrected chi connectivity index (χ1v) is 6.32. The first-order chi connectivity index (χ1) is 9.11. The Labute approximate surface area is 112 Å². The van der Waals surface area contributed by atoms with E-state index >= 15 is 0 Å². The first kappa shape index (κ1) is 13.8. The molecule has 3 N–H and O–H groups in total. The third-order valence-electron chi connectivity index (χ3n) is 3.33. The number of anilines is 1. The summed E-state index contributed by atoms with van der Waals surface area (Å²) in [6, 6.07) is 5.80. The standard InChI is InChI=1S/C13H19FN4O/c1-17-6-7-18(10(8-15)9-17)13(19)16-12-5-3-2-4-11(12)14/h2-5,10H,6-9,15H2,1H3,(H,16,19). The number of piperazine rings is 1. The van der Waals surface area contributed by atoms with Crippen LogP contribution in [0, 0.1) is 5.82 Å². The van der Waals surface area contributed by atoms with Crippen LogP contribution in [-0.2, 0) is 0 Å². The van der Waals surface area contributed by atoms with Gasteiger partial charge < -0.3 is 20.9 Å². The summed E-state index contributed by atoms with van der Waals surface area (Å²) in [4.78, 5) is 16.0. The molecule has 1 heterocycles. The molecule has 0 aliphatic carbocycles. The molecule has 1 aliphatic rings. The molecular weight excluding hydrogens is 247 g/mol. The zero-order chi connectivity index (χ0) is 13.8. The van der Waals surface area contributed by atoms with Crippen molar-refractivity contribution in [1.82, 2.24) is 9.80 Å². The molecule has 1 atom stereocenters. The number of para-hydroxylation sites is 1. The lowest BCUT2D eigenvalue weighted by atomic mass is 10.2. The van der Waals surface area contributed by atoms with Gasteiger partial charge in [0.15, 0.2) is 0 Å². The Balaban J connectivity index is 2.05. The number of halogens is 1. The summed E-state index contributed by atoms with van der Waals surface area (Å²) < 4.78 is 13.5. The Kier molecular flexibility index (Phi) is 4.34. The van der Waals surface area contributed by atoms with E-state index in [-0.39, 0.29) is 17.8 Å². The Morgan fingerprint density at radius 3 is 2.89 bits per heavy atom. The van der Waals surface area contributed by atoms with Crippen LogP contribution in [0.15, 0.2) is 24.3 Å². The number of benzene rings is 1. The van der Waals surface area contributed by atoms with Gasteiger partial charge in [0.2, 0.25) is 0 Å². The van der Waals surface area contributed by atoms with Gasteiger partial charge in [0.25, 0.3) is 0 Å². The van der Waals surface area contributed by atoms with E-state index in [4.69, 9.17) is 5.73 Å². The van der Waals surface area contributed by atoms with Crippen molar-refractivity contribution < 1.29 is 9.18 Å². The second-order valence-corrected chi connectivity index (χ2v) is 4.76. The highest BCUT2D eigenvalue weighted by Crippen LogP contribution is 2.15. The van der Waals surface area contributed by atoms with Gasteiger partial charge in [-0.2, -0.15) is 0 Å². The minimum Gasteiger partial charge on any atom is -0.328 e. The Morgan fingerprint density at radius 1 is 1.47 bits per heavy atom. The fourth-order valence-corrected chi connectivity index (χ4v) is 2.23. The lowest BCUT2D eigenvalue weighted by Crippen LogP contribution is -2.57. The van der Waals surface area contributed by atoms with Crippen molar-refractivity contribution in [2.75, 3.05) is 38.5 Å². The van der Waals surface area contributed by atoms with E-state index in [1.54, 1.807) is 23.1 Å². The van der Waals surface area contributed by atoms with E-state index in [1.807, 2.05) is 7.05 Å². The Bertz CT molecular complexity index is 454. The molecule has 5 nitrogen and oxygen atoms in total. The van der Waals surface area contributed by atoms with Gasteiger partial charge in [-0.3, -0.25) is 0 Å². The van der Waals surface area contributed by atoms with Gasteiger partial charge in [-0.05, 0) is 19.2 Å². The van der Waals surface area contributed by atoms with E-state index in [2.05, 4.69) is 10.2 Å². The molecule has 2 amide bonds. The first-order valence-electron chi connectivity index (χ1n) is 6.32. The summed E-state index contributed by atoms with van der Waals surface area (Å²) in [5, 5.41) is 2.60. The number of carbonyl (C=O) groups is 1. The van der Waals surface area contributed by atoms with Crippen molar-refractivity contribution >= 4 is 11.7 Å². The van der Waals surface area contributed by atoms with Crippen molar-refractivity contribution in [3.63, 3.8) is 0 Å². The van der Waals surface area contributed by atoms with E-state index in [1.165, 1.54) is 6.07 Å². The van der Waals surface area contributed by atoms with Crippen LogP contribution in [0.3, 0.4) is 0 Å². The molecule has 104 valence electrons. The normalized spacial score (nSPS) is 20.4. The predicted molar refractivity (Wildman–Crippen MR) is 72.5 cm³/mol. The van der Waals surface area contributed by atoms with Crippen molar-refractivity contribution in [2.45, 2.75) is 6.04 Å². The Hall–Kier alpha value is -1.66. The maximum absolute atomic E-state index is 13.5. The van der Waals surface area contributed by atoms with Gasteiger partial charge >= 0.3 is 6.03 Å². The topological polar surface area (TPSA) is 61.6 Å². The van der Waals surface area contributed by atoms with Gasteiger partial charge in [0.05, 0.1) is 11.7 Å². The summed E-state index contributed by atoms with van der Waals surface area (Å²) in [7, 11) is 1.99. The van der Waals surface area contributed by atoms with Crippen LogP contribution >= 0.6 is 0 Å². The Morgan fingerprint density at radius 2 is 2.21 bits per heavy atom. The number of nitrogens with one attached hydrogen (secondary N) is 1. The van der Waals surface area contributed by atoms with Gasteiger partial charge in [-0.15, -0.1) is 0 Å². The van der Waals surface area contributed by atoms with Gasteiger partial charge in [0, 0.05) is 26.2 Å². The second-order valence-electron chi connectivity index (χ2n) is 4.76. The van der Waals surface area contributed by atoms with Gasteiger partial charge in [0.1, 0.15) is 5.82 Å². The summed E-state index contributed by atoms with van der Waals surface area (Å²) in [6.07, 6.45) is 0. The number of nitrogens with two attached hydrogens (primary N) is 1. The molecule has 0 radical (unpaired) electrons. The summed E-state index contributed by atoms with van der Waals surface area (Å²) in [5.74, 6) is -0.436. The lowest BCUT2D eigenvalue weighted by molar-refractivity contribution is 0.120. The molecule has 1 unspecified atom stereocenters. The highest BCUT2D eigenvalue weighted by atomic mass is 19.1. The number of urea groups is 1. The zero-order valence-electron chi connectivity index (χ0n) is 11.0. The van der Waals surface area contributed by atoms with Crippen LogP contribution < -0.4 is 11.1 Å². The average Bonchev–Trinajstić information content (AvgIpc) is 2.41. The predicted octanol–water partition coefficient (Wildman–Crippen LogP) is 0.932. The molecule has 1 fully saturated rings. The third-order valence-corrected chi connectivity index (χ3v) is 3.33. The minimum absolute atomic E-state index is 0.0366. The fraction of sp³-hybridized carbons (Fsp3) is 0.462. The average molecular weight is 266 g/mol. The molecule has 0 saturated carbocycles. The van der Waals surface area contributed by atoms with Crippen LogP contribution in [-0.4, -0.2) is 55.1 Å². The quantitative estimate of drug-likeness (QED) is 0.837. The molecule has 6 heteroatoms. The van der Waals surface area contributed by atoms with Crippen LogP contribution in [0.4, 0.5) is 14.9 Å². The van der Waals surface area contributed by atoms with E-state index in [0.29, 0.717) is 13.1 Å². The number of nitrogens with zero attached hydrogens (tertiary/aromatic N) is 2. The molecule has 1 saturated heterocycles. The fourth-order valence-electron chi connectivity index (χ4n) is 2.23. The summed E-state index contributed by atoms with van der Waals surface area (Å²) in [5.41, 5.74) is 5.89. The van der Waals surface area contributed by atoms with Crippen molar-refractivity contribution in [2.24, 2.45) is 5.73 Å².